The molecule has 1 aliphatic rings. The van der Waals surface area contributed by atoms with Gasteiger partial charge < -0.3 is 45.4 Å². The van der Waals surface area contributed by atoms with Gasteiger partial charge in [-0.15, -0.1) is 0 Å². The van der Waals surface area contributed by atoms with Gasteiger partial charge in [0.2, 0.25) is 5.91 Å². The number of hydrogen-bond acceptors (Lipinski definition) is 9. The maximum atomic E-state index is 13.1. The molecule has 0 bridgehead atoms. The van der Waals surface area contributed by atoms with Gasteiger partial charge in [-0.1, -0.05) is 263 Å². The maximum Gasteiger partial charge on any atom is 0.249 e. The zero-order valence-electron chi connectivity index (χ0n) is 44.9. The zero-order chi connectivity index (χ0) is 50.3. The molecule has 0 spiro atoms. The van der Waals surface area contributed by atoms with Crippen molar-refractivity contribution in [3.05, 3.63) is 24.3 Å². The van der Waals surface area contributed by atoms with Crippen LogP contribution in [-0.4, -0.2) is 98.7 Å². The summed E-state index contributed by atoms with van der Waals surface area (Å²) in [7, 11) is 0. The third-order valence-corrected chi connectivity index (χ3v) is 14.4. The monoisotopic (exact) mass is 980 g/mol. The summed E-state index contributed by atoms with van der Waals surface area (Å²) < 4.78 is 11.2. The second-order valence-corrected chi connectivity index (χ2v) is 20.9. The summed E-state index contributed by atoms with van der Waals surface area (Å²) in [5.74, 6) is -0.613. The fourth-order valence-corrected chi connectivity index (χ4v) is 9.57. The number of hydrogen-bond donors (Lipinski definition) is 7. The van der Waals surface area contributed by atoms with Gasteiger partial charge >= 0.3 is 0 Å². The molecule has 0 aromatic heterocycles. The van der Waals surface area contributed by atoms with Gasteiger partial charge in [0.05, 0.1) is 25.4 Å². The van der Waals surface area contributed by atoms with E-state index >= 15 is 0 Å². The minimum atomic E-state index is -1.61. The van der Waals surface area contributed by atoms with E-state index in [1.54, 1.807) is 6.08 Å². The average molecular weight is 981 g/mol. The molecule has 1 heterocycles. The van der Waals surface area contributed by atoms with E-state index in [4.69, 9.17) is 9.47 Å². The second kappa shape index (κ2) is 48.9. The minimum absolute atomic E-state index is 0.303. The molecule has 408 valence electrons. The summed E-state index contributed by atoms with van der Waals surface area (Å²) in [4.78, 5) is 13.1. The van der Waals surface area contributed by atoms with Crippen LogP contribution >= 0.6 is 0 Å². The van der Waals surface area contributed by atoms with Crippen molar-refractivity contribution >= 4 is 5.91 Å². The first-order valence-electron chi connectivity index (χ1n) is 29.7. The number of rotatable bonds is 51. The zero-order valence-corrected chi connectivity index (χ0v) is 44.9. The number of amides is 1. The molecule has 1 saturated heterocycles. The Morgan fingerprint density at radius 1 is 0.493 bits per heavy atom. The molecule has 1 rings (SSSR count). The van der Waals surface area contributed by atoms with E-state index in [1.165, 1.54) is 218 Å². The van der Waals surface area contributed by atoms with Crippen molar-refractivity contribution in [1.82, 2.24) is 5.32 Å². The van der Waals surface area contributed by atoms with E-state index in [0.717, 1.165) is 44.9 Å². The lowest BCUT2D eigenvalue weighted by atomic mass is 9.99. The summed E-state index contributed by atoms with van der Waals surface area (Å²) in [6.45, 7) is 3.63. The predicted octanol–water partition coefficient (Wildman–Crippen LogP) is 13.5. The predicted molar refractivity (Wildman–Crippen MR) is 287 cm³/mol. The molecule has 10 heteroatoms. The highest BCUT2D eigenvalue weighted by Gasteiger charge is 2.44. The van der Waals surface area contributed by atoms with Crippen LogP contribution in [0.25, 0.3) is 0 Å². The van der Waals surface area contributed by atoms with Crippen LogP contribution in [0, 0.1) is 0 Å². The molecule has 0 saturated carbocycles. The summed E-state index contributed by atoms with van der Waals surface area (Å²) in [5, 5.41) is 64.9. The van der Waals surface area contributed by atoms with Crippen molar-refractivity contribution < 1.29 is 44.9 Å². The molecule has 7 N–H and O–H groups in total. The number of nitrogens with one attached hydrogen (secondary N) is 1. The van der Waals surface area contributed by atoms with Gasteiger partial charge in [-0.25, -0.2) is 0 Å². The molecule has 1 fully saturated rings. The normalized spacial score (nSPS) is 20.0. The molecule has 8 unspecified atom stereocenters. The number of aliphatic hydroxyl groups is 6. The molecule has 10 nitrogen and oxygen atoms in total. The van der Waals surface area contributed by atoms with Crippen LogP contribution in [0.5, 0.6) is 0 Å². The van der Waals surface area contributed by atoms with Crippen LogP contribution < -0.4 is 5.32 Å². The van der Waals surface area contributed by atoms with Crippen molar-refractivity contribution in [1.29, 1.82) is 0 Å². The highest BCUT2D eigenvalue weighted by Crippen LogP contribution is 2.23. The van der Waals surface area contributed by atoms with Crippen molar-refractivity contribution in [2.75, 3.05) is 13.2 Å². The van der Waals surface area contributed by atoms with Crippen LogP contribution in [0.4, 0.5) is 0 Å². The molecular weight excluding hydrogens is 867 g/mol. The van der Waals surface area contributed by atoms with Crippen LogP contribution in [0.2, 0.25) is 0 Å². The summed E-state index contributed by atoms with van der Waals surface area (Å²) in [6, 6.07) is -0.977. The largest absolute Gasteiger partial charge is 0.394 e. The Bertz CT molecular complexity index is 1150. The quantitative estimate of drug-likeness (QED) is 0.0232. The van der Waals surface area contributed by atoms with Gasteiger partial charge in [-0.05, 0) is 44.9 Å². The smallest absolute Gasteiger partial charge is 0.249 e. The number of aliphatic hydroxyl groups excluding tert-OH is 6. The molecule has 0 aliphatic carbocycles. The van der Waals surface area contributed by atoms with Crippen molar-refractivity contribution in [3.8, 4) is 0 Å². The molecule has 1 aliphatic heterocycles. The Morgan fingerprint density at radius 3 is 1.22 bits per heavy atom. The Hall–Kier alpha value is -1.37. The third kappa shape index (κ3) is 38.0. The molecule has 0 aromatic carbocycles. The lowest BCUT2D eigenvalue weighted by Crippen LogP contribution is -2.60. The van der Waals surface area contributed by atoms with E-state index in [0.29, 0.717) is 6.42 Å². The summed E-state index contributed by atoms with van der Waals surface area (Å²) in [6.07, 6.45) is 51.6. The van der Waals surface area contributed by atoms with Gasteiger partial charge in [-0.2, -0.15) is 0 Å². The topological polar surface area (TPSA) is 169 Å². The summed E-state index contributed by atoms with van der Waals surface area (Å²) in [5.41, 5.74) is 0. The molecule has 0 aromatic rings. The lowest BCUT2D eigenvalue weighted by Gasteiger charge is -2.40. The van der Waals surface area contributed by atoms with Crippen molar-refractivity contribution in [2.45, 2.75) is 332 Å². The van der Waals surface area contributed by atoms with E-state index in [9.17, 15) is 35.4 Å². The van der Waals surface area contributed by atoms with Gasteiger partial charge in [0.25, 0.3) is 0 Å². The molecular formula is C59H113NO9. The first-order chi connectivity index (χ1) is 33.8. The standard InChI is InChI=1S/C59H113NO9/c1-3-5-7-9-11-13-15-17-18-19-20-21-22-23-24-25-26-27-28-29-30-31-32-33-34-35-36-38-40-42-44-46-48-53(63)58(67)60-51(50-68-59-57(66)56(65)55(64)54(49-61)69-59)52(62)47-45-43-41-39-37-16-14-12-10-8-6-4-2/h23-24,45,47,51-57,59,61-66H,3-22,25-44,46,48-50H2,1-2H3,(H,60,67)/b24-23-,47-45+. The number of allylic oxidation sites excluding steroid dienone is 3. The van der Waals surface area contributed by atoms with Crippen molar-refractivity contribution in [2.24, 2.45) is 0 Å². The lowest BCUT2D eigenvalue weighted by molar-refractivity contribution is -0.302. The Balaban J connectivity index is 2.13. The minimum Gasteiger partial charge on any atom is -0.394 e. The summed E-state index contributed by atoms with van der Waals surface area (Å²) >= 11 is 0. The number of carbonyl (C=O) groups is 1. The SMILES string of the molecule is CCCCCCCCCCCC/C=C/C(O)C(COC1OC(CO)C(O)C(O)C1O)NC(=O)C(O)CCCCCCCCCCCCCCCCCC/C=C\CCCCCCCCCCCCCC. The highest BCUT2D eigenvalue weighted by atomic mass is 16.7. The maximum absolute atomic E-state index is 13.1. The molecule has 8 atom stereocenters. The van der Waals surface area contributed by atoms with Gasteiger partial charge in [0, 0.05) is 0 Å². The number of carbonyl (C=O) groups excluding carboxylic acids is 1. The Kier molecular flexibility index (Phi) is 46.5. The van der Waals surface area contributed by atoms with Crippen LogP contribution in [-0.2, 0) is 14.3 Å². The van der Waals surface area contributed by atoms with E-state index in [2.05, 4.69) is 31.3 Å². The van der Waals surface area contributed by atoms with E-state index in [-0.39, 0.29) is 6.61 Å². The molecule has 1 amide bonds. The molecule has 0 radical (unpaired) electrons. The molecule has 69 heavy (non-hydrogen) atoms. The third-order valence-electron chi connectivity index (χ3n) is 14.4. The fourth-order valence-electron chi connectivity index (χ4n) is 9.57. The van der Waals surface area contributed by atoms with E-state index in [1.807, 2.05) is 6.08 Å². The van der Waals surface area contributed by atoms with Crippen LogP contribution in [0.1, 0.15) is 284 Å². The van der Waals surface area contributed by atoms with Gasteiger partial charge in [0.15, 0.2) is 6.29 Å². The van der Waals surface area contributed by atoms with E-state index < -0.39 is 61.5 Å². The first-order valence-corrected chi connectivity index (χ1v) is 29.7. The second-order valence-electron chi connectivity index (χ2n) is 20.9. The number of unbranched alkanes of at least 4 members (excludes halogenated alkanes) is 38. The van der Waals surface area contributed by atoms with Crippen molar-refractivity contribution in [3.63, 3.8) is 0 Å². The van der Waals surface area contributed by atoms with Crippen LogP contribution in [0.3, 0.4) is 0 Å². The number of ether oxygens (including phenoxy) is 2. The Labute approximate surface area is 424 Å². The Morgan fingerprint density at radius 2 is 0.841 bits per heavy atom. The fraction of sp³-hybridized carbons (Fsp3) is 0.915. The van der Waals surface area contributed by atoms with Gasteiger partial charge in [0.1, 0.15) is 30.5 Å². The average Bonchev–Trinajstić information content (AvgIpc) is 3.35. The van der Waals surface area contributed by atoms with Gasteiger partial charge in [-0.3, -0.25) is 4.79 Å². The van der Waals surface area contributed by atoms with Crippen LogP contribution in [0.15, 0.2) is 24.3 Å². The highest BCUT2D eigenvalue weighted by molar-refractivity contribution is 5.80. The first kappa shape index (κ1) is 65.6.